The van der Waals surface area contributed by atoms with E-state index in [-0.39, 0.29) is 17.5 Å². The summed E-state index contributed by atoms with van der Waals surface area (Å²) in [5.41, 5.74) is 7.38. The highest BCUT2D eigenvalue weighted by atomic mass is 32.2. The zero-order chi connectivity index (χ0) is 23.4. The van der Waals surface area contributed by atoms with E-state index in [9.17, 15) is 14.4 Å². The summed E-state index contributed by atoms with van der Waals surface area (Å²) >= 11 is 2.34. The molecule has 1 amide bonds. The van der Waals surface area contributed by atoms with Crippen LogP contribution >= 0.6 is 23.1 Å². The smallest absolute Gasteiger partial charge is 0.338 e. The van der Waals surface area contributed by atoms with Crippen molar-refractivity contribution in [3.8, 4) is 5.69 Å². The van der Waals surface area contributed by atoms with Crippen molar-refractivity contribution in [2.24, 2.45) is 0 Å². The van der Waals surface area contributed by atoms with Crippen molar-refractivity contribution in [1.29, 1.82) is 0 Å². The molecule has 9 nitrogen and oxygen atoms in total. The number of nitrogens with one attached hydrogen (secondary N) is 1. The number of para-hydroxylation sites is 1. The van der Waals surface area contributed by atoms with Crippen LogP contribution in [0.25, 0.3) is 15.9 Å². The lowest BCUT2D eigenvalue weighted by Crippen LogP contribution is -2.19. The van der Waals surface area contributed by atoms with Gasteiger partial charge in [0.2, 0.25) is 5.91 Å². The summed E-state index contributed by atoms with van der Waals surface area (Å²) in [5.74, 6) is -0.505. The normalized spacial score (nSPS) is 10.8. The summed E-state index contributed by atoms with van der Waals surface area (Å²) in [6.07, 6.45) is 0. The first-order chi connectivity index (χ1) is 15.9. The number of thiazole rings is 1. The van der Waals surface area contributed by atoms with Gasteiger partial charge >= 0.3 is 5.97 Å². The molecule has 2 heterocycles. The fourth-order valence-corrected chi connectivity index (χ4v) is 4.76. The number of nitrogens with zero attached hydrogens (tertiary/aromatic N) is 3. The molecule has 0 radical (unpaired) electrons. The van der Waals surface area contributed by atoms with E-state index >= 15 is 0 Å². The van der Waals surface area contributed by atoms with Gasteiger partial charge in [-0.15, -0.1) is 0 Å². The number of anilines is 2. The molecule has 11 heteroatoms. The number of benzene rings is 2. The van der Waals surface area contributed by atoms with Crippen molar-refractivity contribution in [3.05, 3.63) is 70.5 Å². The number of nitrogen functional groups attached to an aromatic ring is 1. The highest BCUT2D eigenvalue weighted by Crippen LogP contribution is 2.28. The van der Waals surface area contributed by atoms with Crippen LogP contribution in [0.1, 0.15) is 17.3 Å². The third-order valence-electron chi connectivity index (χ3n) is 4.42. The van der Waals surface area contributed by atoms with Crippen LogP contribution in [-0.4, -0.2) is 38.8 Å². The van der Waals surface area contributed by atoms with E-state index in [0.29, 0.717) is 28.0 Å². The molecule has 3 N–H and O–H groups in total. The molecule has 4 rings (SSSR count). The Labute approximate surface area is 196 Å². The average Bonchev–Trinajstić information content (AvgIpc) is 3.19. The second-order valence-corrected chi connectivity index (χ2v) is 8.70. The van der Waals surface area contributed by atoms with Crippen molar-refractivity contribution >= 4 is 56.1 Å². The number of carbonyl (C=O) groups is 2. The van der Waals surface area contributed by atoms with Crippen LogP contribution in [0.15, 0.2) is 64.5 Å². The number of fused-ring (bicyclic) bond motifs is 1. The molecule has 0 aliphatic rings. The summed E-state index contributed by atoms with van der Waals surface area (Å²) in [6.45, 7) is 2.03. The van der Waals surface area contributed by atoms with Crippen LogP contribution in [0.2, 0.25) is 0 Å². The quantitative estimate of drug-likeness (QED) is 0.234. The standard InChI is InChI=1S/C22H19N5O4S2/c1-2-31-20(30)13-8-9-15-16(10-13)33-21(24-15)25-19(29)12-32-22-26-18(28)11-17(23)27(22)14-6-4-3-5-7-14/h3-11H,2,12,23H2,1H3,(H,24,25,29). The topological polar surface area (TPSA) is 129 Å². The molecule has 0 aliphatic heterocycles. The Morgan fingerprint density at radius 1 is 1.15 bits per heavy atom. The highest BCUT2D eigenvalue weighted by Gasteiger charge is 2.15. The lowest BCUT2D eigenvalue weighted by Gasteiger charge is -2.14. The Kier molecular flexibility index (Phi) is 6.71. The van der Waals surface area contributed by atoms with Crippen molar-refractivity contribution < 1.29 is 14.3 Å². The van der Waals surface area contributed by atoms with E-state index in [2.05, 4.69) is 15.3 Å². The predicted octanol–water partition coefficient (Wildman–Crippen LogP) is 3.33. The van der Waals surface area contributed by atoms with Crippen LogP contribution in [0.3, 0.4) is 0 Å². The zero-order valence-corrected chi connectivity index (χ0v) is 19.1. The molecule has 0 fully saturated rings. The molecular formula is C22H19N5O4S2. The Hall–Kier alpha value is -3.70. The molecule has 0 spiro atoms. The van der Waals surface area contributed by atoms with E-state index in [1.54, 1.807) is 29.7 Å². The third-order valence-corrected chi connectivity index (χ3v) is 6.29. The first kappa shape index (κ1) is 22.5. The number of hydrogen-bond acceptors (Lipinski definition) is 9. The molecule has 168 valence electrons. The van der Waals surface area contributed by atoms with Crippen LogP contribution in [0, 0.1) is 0 Å². The number of carbonyl (C=O) groups excluding carboxylic acids is 2. The molecule has 0 atom stereocenters. The minimum absolute atomic E-state index is 0.00721. The summed E-state index contributed by atoms with van der Waals surface area (Å²) < 4.78 is 7.38. The van der Waals surface area contributed by atoms with Gasteiger partial charge in [-0.05, 0) is 37.3 Å². The van der Waals surface area contributed by atoms with E-state index in [1.807, 2.05) is 30.3 Å². The maximum absolute atomic E-state index is 12.6. The zero-order valence-electron chi connectivity index (χ0n) is 17.5. The molecule has 2 aromatic carbocycles. The third kappa shape index (κ3) is 5.21. The van der Waals surface area contributed by atoms with Crippen LogP contribution in [-0.2, 0) is 9.53 Å². The van der Waals surface area contributed by atoms with Crippen molar-refractivity contribution in [3.63, 3.8) is 0 Å². The summed E-state index contributed by atoms with van der Waals surface area (Å²) in [7, 11) is 0. The average molecular weight is 482 g/mol. The molecule has 0 bridgehead atoms. The van der Waals surface area contributed by atoms with Crippen LogP contribution in [0.4, 0.5) is 10.9 Å². The SMILES string of the molecule is CCOC(=O)c1ccc2nc(NC(=O)CSc3nc(=O)cc(N)n3-c3ccccc3)sc2c1. The van der Waals surface area contributed by atoms with E-state index < -0.39 is 11.5 Å². The van der Waals surface area contributed by atoms with Gasteiger partial charge in [-0.2, -0.15) is 4.98 Å². The maximum atomic E-state index is 12.6. The van der Waals surface area contributed by atoms with Crippen molar-refractivity contribution in [2.45, 2.75) is 12.1 Å². The predicted molar refractivity (Wildman–Crippen MR) is 129 cm³/mol. The number of amides is 1. The van der Waals surface area contributed by atoms with Crippen LogP contribution in [0.5, 0.6) is 0 Å². The summed E-state index contributed by atoms with van der Waals surface area (Å²) in [4.78, 5) is 44.8. The molecule has 0 saturated carbocycles. The lowest BCUT2D eigenvalue weighted by atomic mass is 10.2. The van der Waals surface area contributed by atoms with E-state index in [1.165, 1.54) is 17.4 Å². The van der Waals surface area contributed by atoms with Gasteiger partial charge in [-0.1, -0.05) is 41.3 Å². The summed E-state index contributed by atoms with van der Waals surface area (Å²) in [6, 6.07) is 15.5. The Morgan fingerprint density at radius 2 is 1.94 bits per heavy atom. The number of nitrogens with two attached hydrogens (primary N) is 1. The van der Waals surface area contributed by atoms with Crippen molar-refractivity contribution in [2.75, 3.05) is 23.4 Å². The first-order valence-electron chi connectivity index (χ1n) is 9.90. The maximum Gasteiger partial charge on any atom is 0.338 e. The second kappa shape index (κ2) is 9.84. The fourth-order valence-electron chi connectivity index (χ4n) is 3.02. The number of esters is 1. The van der Waals surface area contributed by atoms with Gasteiger partial charge in [0, 0.05) is 11.8 Å². The molecule has 33 heavy (non-hydrogen) atoms. The Bertz CT molecular complexity index is 1380. The molecule has 0 saturated heterocycles. The molecule has 2 aromatic heterocycles. The van der Waals surface area contributed by atoms with Gasteiger partial charge in [0.05, 0.1) is 28.1 Å². The van der Waals surface area contributed by atoms with E-state index in [4.69, 9.17) is 10.5 Å². The molecule has 0 aliphatic carbocycles. The first-order valence-corrected chi connectivity index (χ1v) is 11.7. The largest absolute Gasteiger partial charge is 0.462 e. The van der Waals surface area contributed by atoms with Gasteiger partial charge in [-0.3, -0.25) is 14.2 Å². The van der Waals surface area contributed by atoms with Gasteiger partial charge in [0.25, 0.3) is 5.56 Å². The monoisotopic (exact) mass is 481 g/mol. The Balaban J connectivity index is 1.48. The fraction of sp³-hybridized carbons (Fsp3) is 0.136. The second-order valence-electron chi connectivity index (χ2n) is 6.73. The number of ether oxygens (including phenoxy) is 1. The number of rotatable bonds is 7. The highest BCUT2D eigenvalue weighted by molar-refractivity contribution is 7.99. The number of hydrogen-bond donors (Lipinski definition) is 2. The number of aromatic nitrogens is 3. The van der Waals surface area contributed by atoms with E-state index in [0.717, 1.165) is 22.1 Å². The van der Waals surface area contributed by atoms with Crippen LogP contribution < -0.4 is 16.6 Å². The van der Waals surface area contributed by atoms with Gasteiger partial charge in [-0.25, -0.2) is 9.78 Å². The van der Waals surface area contributed by atoms with Gasteiger partial charge in [0.1, 0.15) is 5.82 Å². The number of thioether (sulfide) groups is 1. The minimum Gasteiger partial charge on any atom is -0.462 e. The molecular weight excluding hydrogens is 462 g/mol. The van der Waals surface area contributed by atoms with Crippen molar-refractivity contribution in [1.82, 2.24) is 14.5 Å². The molecule has 4 aromatic rings. The van der Waals surface area contributed by atoms with Gasteiger partial charge < -0.3 is 15.8 Å². The minimum atomic E-state index is -0.480. The summed E-state index contributed by atoms with van der Waals surface area (Å²) in [5, 5.41) is 3.46. The lowest BCUT2D eigenvalue weighted by molar-refractivity contribution is -0.113. The Morgan fingerprint density at radius 3 is 2.70 bits per heavy atom. The van der Waals surface area contributed by atoms with Gasteiger partial charge in [0.15, 0.2) is 10.3 Å². The molecule has 0 unspecified atom stereocenters.